The van der Waals surface area contributed by atoms with E-state index in [0.717, 1.165) is 18.4 Å². The van der Waals surface area contributed by atoms with E-state index in [4.69, 9.17) is 9.15 Å². The molecule has 10 heteroatoms. The summed E-state index contributed by atoms with van der Waals surface area (Å²) in [6.07, 6.45) is 3.05. The number of aromatic amines is 1. The van der Waals surface area contributed by atoms with Crippen LogP contribution in [-0.4, -0.2) is 46.1 Å². The lowest BCUT2D eigenvalue weighted by Crippen LogP contribution is -2.34. The Morgan fingerprint density at radius 1 is 0.947 bits per heavy atom. The zero-order valence-electron chi connectivity index (χ0n) is 21.4. The molecule has 0 saturated carbocycles. The molecule has 2 aromatic carbocycles. The summed E-state index contributed by atoms with van der Waals surface area (Å²) in [6, 6.07) is 16.8. The SMILES string of the molecule is CCC(CC)NC(=O)c1cnc(-c2cccc(-c3cc(C(=O)N[C@@H](C(=O)OC)c4ccccc4)n[nH]3)c2)o1. The van der Waals surface area contributed by atoms with Crippen molar-refractivity contribution in [2.75, 3.05) is 7.11 Å². The van der Waals surface area contributed by atoms with E-state index >= 15 is 0 Å². The second-order valence-electron chi connectivity index (χ2n) is 8.60. The first-order valence-electron chi connectivity index (χ1n) is 12.3. The summed E-state index contributed by atoms with van der Waals surface area (Å²) in [5.41, 5.74) is 2.65. The van der Waals surface area contributed by atoms with Gasteiger partial charge in [-0.1, -0.05) is 56.3 Å². The van der Waals surface area contributed by atoms with Gasteiger partial charge >= 0.3 is 5.97 Å². The van der Waals surface area contributed by atoms with E-state index in [2.05, 4.69) is 25.8 Å². The highest BCUT2D eigenvalue weighted by Gasteiger charge is 2.25. The van der Waals surface area contributed by atoms with E-state index < -0.39 is 17.9 Å². The number of oxazole rings is 1. The van der Waals surface area contributed by atoms with Gasteiger partial charge in [0.25, 0.3) is 11.8 Å². The Morgan fingerprint density at radius 3 is 2.39 bits per heavy atom. The van der Waals surface area contributed by atoms with Gasteiger partial charge < -0.3 is 19.8 Å². The highest BCUT2D eigenvalue weighted by Crippen LogP contribution is 2.26. The van der Waals surface area contributed by atoms with E-state index in [9.17, 15) is 14.4 Å². The maximum atomic E-state index is 12.9. The first-order valence-corrected chi connectivity index (χ1v) is 12.3. The van der Waals surface area contributed by atoms with E-state index in [1.807, 2.05) is 44.2 Å². The standard InChI is InChI=1S/C28H29N5O5/c1-4-20(5-2)30-26(35)23-16-29-27(38-23)19-13-9-12-18(14-19)21-15-22(33-32-21)25(34)31-24(28(36)37-3)17-10-7-6-8-11-17/h6-16,20,24H,4-5H2,1-3H3,(H,30,35)(H,31,34)(H,32,33)/t24-/m1/s1. The highest BCUT2D eigenvalue weighted by atomic mass is 16.5. The molecule has 4 aromatic rings. The van der Waals surface area contributed by atoms with Crippen molar-refractivity contribution in [2.24, 2.45) is 0 Å². The summed E-state index contributed by atoms with van der Waals surface area (Å²) in [6.45, 7) is 4.02. The normalized spacial score (nSPS) is 11.7. The molecular weight excluding hydrogens is 486 g/mol. The van der Waals surface area contributed by atoms with Crippen molar-refractivity contribution in [3.63, 3.8) is 0 Å². The molecule has 3 N–H and O–H groups in total. The molecule has 38 heavy (non-hydrogen) atoms. The van der Waals surface area contributed by atoms with Crippen molar-refractivity contribution in [2.45, 2.75) is 38.8 Å². The van der Waals surface area contributed by atoms with Crippen molar-refractivity contribution in [3.05, 3.63) is 83.9 Å². The lowest BCUT2D eigenvalue weighted by molar-refractivity contribution is -0.143. The fraction of sp³-hybridized carbons (Fsp3) is 0.250. The Hall–Kier alpha value is -4.73. The summed E-state index contributed by atoms with van der Waals surface area (Å²) in [5, 5.41) is 12.6. The Balaban J connectivity index is 1.50. The minimum absolute atomic E-state index is 0.0711. The minimum atomic E-state index is -0.974. The molecule has 2 amide bonds. The second-order valence-corrected chi connectivity index (χ2v) is 8.60. The molecule has 0 aliphatic heterocycles. The predicted octanol–water partition coefficient (Wildman–Crippen LogP) is 4.29. The summed E-state index contributed by atoms with van der Waals surface area (Å²) in [7, 11) is 1.26. The monoisotopic (exact) mass is 515 g/mol. The van der Waals surface area contributed by atoms with Crippen LogP contribution in [0.1, 0.15) is 59.3 Å². The molecule has 10 nitrogen and oxygen atoms in total. The van der Waals surface area contributed by atoms with Gasteiger partial charge in [-0.2, -0.15) is 5.10 Å². The number of esters is 1. The third kappa shape index (κ3) is 5.97. The minimum Gasteiger partial charge on any atom is -0.467 e. The van der Waals surface area contributed by atoms with Crippen molar-refractivity contribution in [1.29, 1.82) is 0 Å². The number of ether oxygens (including phenoxy) is 1. The van der Waals surface area contributed by atoms with E-state index in [1.165, 1.54) is 13.3 Å². The number of carbonyl (C=O) groups is 3. The number of nitrogens with zero attached hydrogens (tertiary/aromatic N) is 2. The van der Waals surface area contributed by atoms with Crippen LogP contribution >= 0.6 is 0 Å². The number of amides is 2. The van der Waals surface area contributed by atoms with Crippen LogP contribution in [0.2, 0.25) is 0 Å². The van der Waals surface area contributed by atoms with Crippen molar-refractivity contribution in [1.82, 2.24) is 25.8 Å². The lowest BCUT2D eigenvalue weighted by Gasteiger charge is -2.16. The average molecular weight is 516 g/mol. The molecule has 196 valence electrons. The van der Waals surface area contributed by atoms with Crippen molar-refractivity contribution >= 4 is 17.8 Å². The van der Waals surface area contributed by atoms with Crippen LogP contribution in [0.25, 0.3) is 22.7 Å². The number of hydrogen-bond donors (Lipinski definition) is 3. The Bertz CT molecular complexity index is 1410. The third-order valence-electron chi connectivity index (χ3n) is 6.13. The summed E-state index contributed by atoms with van der Waals surface area (Å²) < 4.78 is 10.6. The zero-order chi connectivity index (χ0) is 27.1. The maximum absolute atomic E-state index is 12.9. The molecule has 0 saturated heterocycles. The number of carbonyl (C=O) groups excluding carboxylic acids is 3. The van der Waals surface area contributed by atoms with Gasteiger partial charge in [0.2, 0.25) is 11.7 Å². The number of methoxy groups -OCH3 is 1. The second kappa shape index (κ2) is 12.0. The maximum Gasteiger partial charge on any atom is 0.333 e. The summed E-state index contributed by atoms with van der Waals surface area (Å²) in [4.78, 5) is 41.9. The van der Waals surface area contributed by atoms with Crippen LogP contribution in [0.5, 0.6) is 0 Å². The largest absolute Gasteiger partial charge is 0.467 e. The van der Waals surface area contributed by atoms with E-state index in [0.29, 0.717) is 22.7 Å². The molecular formula is C28H29N5O5. The molecule has 0 unspecified atom stereocenters. The predicted molar refractivity (Wildman–Crippen MR) is 140 cm³/mol. The van der Waals surface area contributed by atoms with Gasteiger partial charge in [-0.05, 0) is 36.6 Å². The quantitative estimate of drug-likeness (QED) is 0.268. The van der Waals surface area contributed by atoms with Gasteiger partial charge in [-0.25, -0.2) is 9.78 Å². The number of benzene rings is 2. The third-order valence-corrected chi connectivity index (χ3v) is 6.13. The van der Waals surface area contributed by atoms with Crippen LogP contribution in [0.15, 0.2) is 71.3 Å². The fourth-order valence-electron chi connectivity index (χ4n) is 3.91. The van der Waals surface area contributed by atoms with Crippen molar-refractivity contribution in [3.8, 4) is 22.7 Å². The average Bonchev–Trinajstić information content (AvgIpc) is 3.66. The van der Waals surface area contributed by atoms with E-state index in [-0.39, 0.29) is 23.4 Å². The molecule has 0 aliphatic rings. The number of aromatic nitrogens is 3. The van der Waals surface area contributed by atoms with E-state index in [1.54, 1.807) is 30.3 Å². The first kappa shape index (κ1) is 26.3. The van der Waals surface area contributed by atoms with Gasteiger partial charge in [0, 0.05) is 17.2 Å². The molecule has 0 spiro atoms. The smallest absolute Gasteiger partial charge is 0.333 e. The highest BCUT2D eigenvalue weighted by molar-refractivity contribution is 5.96. The number of H-pyrrole nitrogens is 1. The van der Waals surface area contributed by atoms with Crippen LogP contribution in [0.4, 0.5) is 0 Å². The molecule has 0 fully saturated rings. The molecule has 0 bridgehead atoms. The topological polar surface area (TPSA) is 139 Å². The molecule has 0 radical (unpaired) electrons. The Morgan fingerprint density at radius 2 is 1.68 bits per heavy atom. The van der Waals surface area contributed by atoms with Crippen LogP contribution in [-0.2, 0) is 9.53 Å². The van der Waals surface area contributed by atoms with Crippen LogP contribution in [0, 0.1) is 0 Å². The van der Waals surface area contributed by atoms with Gasteiger partial charge in [-0.3, -0.25) is 14.7 Å². The number of rotatable bonds is 10. The number of hydrogen-bond acceptors (Lipinski definition) is 7. The lowest BCUT2D eigenvalue weighted by atomic mass is 10.1. The molecule has 0 aliphatic carbocycles. The molecule has 1 atom stereocenters. The van der Waals surface area contributed by atoms with Gasteiger partial charge in [-0.15, -0.1) is 0 Å². The summed E-state index contributed by atoms with van der Waals surface area (Å²) in [5.74, 6) is -1.01. The van der Waals surface area contributed by atoms with Gasteiger partial charge in [0.05, 0.1) is 19.0 Å². The zero-order valence-corrected chi connectivity index (χ0v) is 21.4. The summed E-state index contributed by atoms with van der Waals surface area (Å²) >= 11 is 0. The Kier molecular flexibility index (Phi) is 8.32. The fourth-order valence-corrected chi connectivity index (χ4v) is 3.91. The Labute approximate surface area is 219 Å². The van der Waals surface area contributed by atoms with Crippen LogP contribution < -0.4 is 10.6 Å². The number of nitrogens with one attached hydrogen (secondary N) is 3. The molecule has 4 rings (SSSR count). The first-order chi connectivity index (χ1) is 18.4. The van der Waals surface area contributed by atoms with Crippen LogP contribution in [0.3, 0.4) is 0 Å². The van der Waals surface area contributed by atoms with Crippen molar-refractivity contribution < 1.29 is 23.5 Å². The van der Waals surface area contributed by atoms with Gasteiger partial charge in [0.15, 0.2) is 11.7 Å². The van der Waals surface area contributed by atoms with Gasteiger partial charge in [0.1, 0.15) is 0 Å². The molecule has 2 heterocycles. The molecule has 2 aromatic heterocycles.